The molecular formula is C12H22N2OS. The van der Waals surface area contributed by atoms with E-state index in [9.17, 15) is 4.79 Å². The summed E-state index contributed by atoms with van der Waals surface area (Å²) in [7, 11) is 0. The minimum absolute atomic E-state index is 0.264. The summed E-state index contributed by atoms with van der Waals surface area (Å²) in [5.41, 5.74) is 5.79. The van der Waals surface area contributed by atoms with Crippen molar-refractivity contribution in [3.8, 4) is 0 Å². The monoisotopic (exact) mass is 242 g/mol. The molecule has 0 bridgehead atoms. The van der Waals surface area contributed by atoms with Crippen LogP contribution in [0, 0.1) is 5.92 Å². The average molecular weight is 242 g/mol. The van der Waals surface area contributed by atoms with Crippen LogP contribution in [-0.4, -0.2) is 40.9 Å². The number of carbonyl (C=O) groups is 1. The highest BCUT2D eigenvalue weighted by Crippen LogP contribution is 2.30. The summed E-state index contributed by atoms with van der Waals surface area (Å²) >= 11 is 1.91. The molecule has 2 aliphatic rings. The second-order valence-corrected chi connectivity index (χ2v) is 6.13. The maximum atomic E-state index is 12.4. The van der Waals surface area contributed by atoms with Crippen molar-refractivity contribution < 1.29 is 4.79 Å². The number of hydrogen-bond donors (Lipinski definition) is 1. The summed E-state index contributed by atoms with van der Waals surface area (Å²) in [4.78, 5) is 14.5. The van der Waals surface area contributed by atoms with Gasteiger partial charge in [-0.15, -0.1) is 0 Å². The summed E-state index contributed by atoms with van der Waals surface area (Å²) in [6.45, 7) is 2.79. The molecule has 4 heteroatoms. The van der Waals surface area contributed by atoms with Crippen molar-refractivity contribution in [3.63, 3.8) is 0 Å². The van der Waals surface area contributed by atoms with E-state index < -0.39 is 0 Å². The van der Waals surface area contributed by atoms with Crippen LogP contribution >= 0.6 is 11.8 Å². The molecule has 3 atom stereocenters. The van der Waals surface area contributed by atoms with Gasteiger partial charge in [-0.25, -0.2) is 0 Å². The van der Waals surface area contributed by atoms with Crippen LogP contribution in [0.1, 0.15) is 32.6 Å². The number of thioether (sulfide) groups is 1. The molecule has 2 heterocycles. The van der Waals surface area contributed by atoms with Gasteiger partial charge in [-0.3, -0.25) is 4.79 Å². The Hall–Kier alpha value is -0.220. The lowest BCUT2D eigenvalue weighted by atomic mass is 9.94. The fourth-order valence-corrected chi connectivity index (χ4v) is 4.07. The van der Waals surface area contributed by atoms with Gasteiger partial charge in [0.25, 0.3) is 0 Å². The van der Waals surface area contributed by atoms with Gasteiger partial charge in [-0.2, -0.15) is 11.8 Å². The minimum Gasteiger partial charge on any atom is -0.335 e. The molecule has 0 radical (unpaired) electrons. The molecule has 2 aliphatic heterocycles. The van der Waals surface area contributed by atoms with Crippen LogP contribution in [0.2, 0.25) is 0 Å². The predicted molar refractivity (Wildman–Crippen MR) is 68.4 cm³/mol. The molecule has 0 spiro atoms. The molecule has 3 unspecified atom stereocenters. The van der Waals surface area contributed by atoms with Crippen molar-refractivity contribution in [2.45, 2.75) is 44.7 Å². The number of nitrogens with two attached hydrogens (primary N) is 1. The van der Waals surface area contributed by atoms with Crippen LogP contribution in [0.3, 0.4) is 0 Å². The Bertz CT molecular complexity index is 253. The third-order valence-corrected chi connectivity index (χ3v) is 5.00. The van der Waals surface area contributed by atoms with Gasteiger partial charge in [-0.05, 0) is 38.4 Å². The average Bonchev–Trinajstić information content (AvgIpc) is 2.81. The first-order valence-corrected chi connectivity index (χ1v) is 7.49. The van der Waals surface area contributed by atoms with Gasteiger partial charge in [0, 0.05) is 30.3 Å². The summed E-state index contributed by atoms with van der Waals surface area (Å²) in [5.74, 6) is 2.79. The van der Waals surface area contributed by atoms with Crippen LogP contribution in [-0.2, 0) is 4.79 Å². The SMILES string of the molecule is CC1CCCC(CN)N1C(=O)C1CCSC1. The van der Waals surface area contributed by atoms with Crippen LogP contribution in [0.4, 0.5) is 0 Å². The Morgan fingerprint density at radius 3 is 2.88 bits per heavy atom. The van der Waals surface area contributed by atoms with Crippen molar-refractivity contribution in [1.29, 1.82) is 0 Å². The highest BCUT2D eigenvalue weighted by Gasteiger charge is 2.35. The number of amides is 1. The molecular weight excluding hydrogens is 220 g/mol. The molecule has 92 valence electrons. The van der Waals surface area contributed by atoms with Crippen LogP contribution in [0.15, 0.2) is 0 Å². The van der Waals surface area contributed by atoms with Gasteiger partial charge in [0.15, 0.2) is 0 Å². The Balaban J connectivity index is 2.05. The van der Waals surface area contributed by atoms with Crippen molar-refractivity contribution in [2.75, 3.05) is 18.1 Å². The molecule has 3 nitrogen and oxygen atoms in total. The van der Waals surface area contributed by atoms with E-state index in [2.05, 4.69) is 11.8 Å². The number of likely N-dealkylation sites (tertiary alicyclic amines) is 1. The molecule has 0 aromatic rings. The fraction of sp³-hybridized carbons (Fsp3) is 0.917. The van der Waals surface area contributed by atoms with Gasteiger partial charge >= 0.3 is 0 Å². The number of carbonyl (C=O) groups excluding carboxylic acids is 1. The number of piperidine rings is 1. The van der Waals surface area contributed by atoms with E-state index in [0.717, 1.165) is 30.8 Å². The molecule has 0 aromatic heterocycles. The van der Waals surface area contributed by atoms with E-state index in [1.807, 2.05) is 11.8 Å². The van der Waals surface area contributed by atoms with Gasteiger partial charge < -0.3 is 10.6 Å². The molecule has 1 amide bonds. The molecule has 2 saturated heterocycles. The first-order chi connectivity index (χ1) is 7.74. The van der Waals surface area contributed by atoms with E-state index >= 15 is 0 Å². The van der Waals surface area contributed by atoms with Crippen molar-refractivity contribution >= 4 is 17.7 Å². The lowest BCUT2D eigenvalue weighted by Crippen LogP contribution is -2.53. The Morgan fingerprint density at radius 1 is 1.44 bits per heavy atom. The van der Waals surface area contributed by atoms with Crippen LogP contribution < -0.4 is 5.73 Å². The summed E-state index contributed by atoms with van der Waals surface area (Å²) in [6.07, 6.45) is 4.50. The Morgan fingerprint density at radius 2 is 2.25 bits per heavy atom. The quantitative estimate of drug-likeness (QED) is 0.797. The normalized spacial score (nSPS) is 35.4. The van der Waals surface area contributed by atoms with E-state index in [4.69, 9.17) is 5.73 Å². The Labute approximate surface area is 102 Å². The van der Waals surface area contributed by atoms with E-state index in [-0.39, 0.29) is 5.92 Å². The molecule has 0 aliphatic carbocycles. The summed E-state index contributed by atoms with van der Waals surface area (Å²) in [5, 5.41) is 0. The molecule has 0 aromatic carbocycles. The van der Waals surface area contributed by atoms with E-state index in [0.29, 0.717) is 24.5 Å². The van der Waals surface area contributed by atoms with Crippen LogP contribution in [0.25, 0.3) is 0 Å². The van der Waals surface area contributed by atoms with Gasteiger partial charge in [0.1, 0.15) is 0 Å². The lowest BCUT2D eigenvalue weighted by molar-refractivity contribution is -0.141. The standard InChI is InChI=1S/C12H22N2OS/c1-9-3-2-4-11(7-13)14(9)12(15)10-5-6-16-8-10/h9-11H,2-8,13H2,1H3. The number of nitrogens with zero attached hydrogens (tertiary/aromatic N) is 1. The zero-order chi connectivity index (χ0) is 11.5. The first-order valence-electron chi connectivity index (χ1n) is 6.34. The van der Waals surface area contributed by atoms with Gasteiger partial charge in [0.2, 0.25) is 5.91 Å². The third kappa shape index (κ3) is 2.38. The van der Waals surface area contributed by atoms with Crippen molar-refractivity contribution in [1.82, 2.24) is 4.90 Å². The highest BCUT2D eigenvalue weighted by molar-refractivity contribution is 7.99. The summed E-state index contributed by atoms with van der Waals surface area (Å²) in [6, 6.07) is 0.683. The molecule has 2 N–H and O–H groups in total. The van der Waals surface area contributed by atoms with E-state index in [1.54, 1.807) is 0 Å². The topological polar surface area (TPSA) is 46.3 Å². The zero-order valence-corrected chi connectivity index (χ0v) is 10.8. The molecule has 2 rings (SSSR count). The maximum absolute atomic E-state index is 12.4. The lowest BCUT2D eigenvalue weighted by Gasteiger charge is -2.41. The maximum Gasteiger partial charge on any atom is 0.227 e. The minimum atomic E-state index is 0.264. The van der Waals surface area contributed by atoms with Crippen molar-refractivity contribution in [3.05, 3.63) is 0 Å². The second kappa shape index (κ2) is 5.41. The predicted octanol–water partition coefficient (Wildman–Crippen LogP) is 1.47. The second-order valence-electron chi connectivity index (χ2n) is 4.98. The van der Waals surface area contributed by atoms with Crippen molar-refractivity contribution in [2.24, 2.45) is 11.7 Å². The van der Waals surface area contributed by atoms with Gasteiger partial charge in [0.05, 0.1) is 0 Å². The number of rotatable bonds is 2. The molecule has 16 heavy (non-hydrogen) atoms. The van der Waals surface area contributed by atoms with Crippen LogP contribution in [0.5, 0.6) is 0 Å². The fourth-order valence-electron chi connectivity index (χ4n) is 2.86. The number of hydrogen-bond acceptors (Lipinski definition) is 3. The Kier molecular flexibility index (Phi) is 4.14. The smallest absolute Gasteiger partial charge is 0.227 e. The largest absolute Gasteiger partial charge is 0.335 e. The molecule has 0 saturated carbocycles. The van der Waals surface area contributed by atoms with E-state index in [1.165, 1.54) is 6.42 Å². The highest BCUT2D eigenvalue weighted by atomic mass is 32.2. The first kappa shape index (κ1) is 12.2. The zero-order valence-electron chi connectivity index (χ0n) is 10.0. The molecule has 2 fully saturated rings. The third-order valence-electron chi connectivity index (χ3n) is 3.83. The van der Waals surface area contributed by atoms with Gasteiger partial charge in [-0.1, -0.05) is 0 Å². The summed E-state index contributed by atoms with van der Waals surface area (Å²) < 4.78 is 0.